The molecule has 1 aromatic carbocycles. The third kappa shape index (κ3) is 4.94. The summed E-state index contributed by atoms with van der Waals surface area (Å²) in [6.45, 7) is 1.57. The number of rotatable bonds is 5. The molecule has 3 heteroatoms. The van der Waals surface area contributed by atoms with Gasteiger partial charge in [0, 0.05) is 18.2 Å². The van der Waals surface area contributed by atoms with E-state index in [9.17, 15) is 9.59 Å². The van der Waals surface area contributed by atoms with E-state index in [1.54, 1.807) is 13.0 Å². The van der Waals surface area contributed by atoms with Crippen molar-refractivity contribution in [3.05, 3.63) is 41.5 Å². The van der Waals surface area contributed by atoms with Gasteiger partial charge in [-0.3, -0.25) is 9.59 Å². The number of hydrogen-bond donors (Lipinski definition) is 0. The zero-order valence-electron chi connectivity index (χ0n) is 9.18. The van der Waals surface area contributed by atoms with Crippen LogP contribution in [0.4, 0.5) is 0 Å². The van der Waals surface area contributed by atoms with E-state index >= 15 is 0 Å². The maximum atomic E-state index is 10.7. The molecular formula is C13H14O2S. The molecule has 0 aliphatic carbocycles. The van der Waals surface area contributed by atoms with E-state index in [4.69, 9.17) is 0 Å². The Morgan fingerprint density at radius 3 is 2.81 bits per heavy atom. The molecule has 0 aliphatic heterocycles. The number of thioether (sulfide) groups is 1. The quantitative estimate of drug-likeness (QED) is 0.579. The Bertz CT molecular complexity index is 397. The SMILES string of the molecule is CC(=O)SCCC=Cc1cccc(C=O)c1. The summed E-state index contributed by atoms with van der Waals surface area (Å²) < 4.78 is 0. The molecule has 0 aliphatic rings. The Labute approximate surface area is 99.7 Å². The van der Waals surface area contributed by atoms with Crippen molar-refractivity contribution in [1.82, 2.24) is 0 Å². The number of carbonyl (C=O) groups excluding carboxylic acids is 2. The largest absolute Gasteiger partial charge is 0.298 e. The van der Waals surface area contributed by atoms with Crippen LogP contribution in [0.1, 0.15) is 29.3 Å². The van der Waals surface area contributed by atoms with Crippen LogP contribution in [-0.2, 0) is 4.79 Å². The minimum atomic E-state index is 0.149. The van der Waals surface area contributed by atoms with Crippen LogP contribution in [0.2, 0.25) is 0 Å². The third-order valence-electron chi connectivity index (χ3n) is 1.95. The minimum absolute atomic E-state index is 0.149. The molecule has 0 amide bonds. The summed E-state index contributed by atoms with van der Waals surface area (Å²) in [5.41, 5.74) is 1.69. The van der Waals surface area contributed by atoms with Crippen molar-refractivity contribution in [2.45, 2.75) is 13.3 Å². The van der Waals surface area contributed by atoms with Gasteiger partial charge < -0.3 is 0 Å². The van der Waals surface area contributed by atoms with E-state index in [1.165, 1.54) is 11.8 Å². The fraction of sp³-hybridized carbons (Fsp3) is 0.231. The van der Waals surface area contributed by atoms with Gasteiger partial charge in [-0.05, 0) is 18.1 Å². The highest BCUT2D eigenvalue weighted by Crippen LogP contribution is 2.08. The van der Waals surface area contributed by atoms with Gasteiger partial charge in [0.15, 0.2) is 5.12 Å². The van der Waals surface area contributed by atoms with Crippen molar-refractivity contribution in [3.8, 4) is 0 Å². The summed E-state index contributed by atoms with van der Waals surface area (Å²) in [6, 6.07) is 7.41. The van der Waals surface area contributed by atoms with E-state index in [2.05, 4.69) is 0 Å². The second-order valence-corrected chi connectivity index (χ2v) is 4.59. The lowest BCUT2D eigenvalue weighted by atomic mass is 10.1. The molecule has 0 aromatic heterocycles. The molecule has 1 rings (SSSR count). The predicted octanol–water partition coefficient (Wildman–Crippen LogP) is 3.18. The summed E-state index contributed by atoms with van der Waals surface area (Å²) in [5.74, 6) is 0.805. The van der Waals surface area contributed by atoms with Gasteiger partial charge in [-0.2, -0.15) is 0 Å². The molecule has 0 saturated carbocycles. The van der Waals surface area contributed by atoms with E-state index in [0.29, 0.717) is 5.56 Å². The minimum Gasteiger partial charge on any atom is -0.298 e. The summed E-state index contributed by atoms with van der Waals surface area (Å²) >= 11 is 1.33. The Balaban J connectivity index is 2.43. The molecule has 84 valence electrons. The first-order valence-corrected chi connectivity index (χ1v) is 6.06. The van der Waals surface area contributed by atoms with Crippen molar-refractivity contribution in [2.24, 2.45) is 0 Å². The first-order chi connectivity index (χ1) is 7.72. The zero-order chi connectivity index (χ0) is 11.8. The molecule has 0 radical (unpaired) electrons. The van der Waals surface area contributed by atoms with Crippen LogP contribution in [0.3, 0.4) is 0 Å². The van der Waals surface area contributed by atoms with Gasteiger partial charge in [-0.25, -0.2) is 0 Å². The smallest absolute Gasteiger partial charge is 0.185 e. The van der Waals surface area contributed by atoms with Gasteiger partial charge in [0.2, 0.25) is 0 Å². The maximum Gasteiger partial charge on any atom is 0.185 e. The average Bonchev–Trinajstić information content (AvgIpc) is 2.28. The average molecular weight is 234 g/mol. The molecule has 0 spiro atoms. The highest BCUT2D eigenvalue weighted by Gasteiger charge is 1.92. The first kappa shape index (κ1) is 12.7. The molecule has 0 fully saturated rings. The second kappa shape index (κ2) is 7.01. The van der Waals surface area contributed by atoms with Crippen molar-refractivity contribution in [2.75, 3.05) is 5.75 Å². The predicted molar refractivity (Wildman–Crippen MR) is 68.6 cm³/mol. The summed E-state index contributed by atoms with van der Waals surface area (Å²) in [7, 11) is 0. The normalized spacial score (nSPS) is 10.6. The Morgan fingerprint density at radius 2 is 2.12 bits per heavy atom. The third-order valence-corrected chi connectivity index (χ3v) is 2.79. The van der Waals surface area contributed by atoms with Gasteiger partial charge in [0.05, 0.1) is 0 Å². The fourth-order valence-electron chi connectivity index (χ4n) is 1.23. The van der Waals surface area contributed by atoms with Crippen LogP contribution in [0.5, 0.6) is 0 Å². The number of carbonyl (C=O) groups is 2. The van der Waals surface area contributed by atoms with E-state index in [1.807, 2.05) is 30.4 Å². The zero-order valence-corrected chi connectivity index (χ0v) is 10.00. The number of aldehydes is 1. The lowest BCUT2D eigenvalue weighted by molar-refractivity contribution is -0.109. The Morgan fingerprint density at radius 1 is 1.38 bits per heavy atom. The van der Waals surface area contributed by atoms with Crippen molar-refractivity contribution < 1.29 is 9.59 Å². The molecule has 0 heterocycles. The summed E-state index contributed by atoms with van der Waals surface area (Å²) in [6.07, 6.45) is 5.67. The molecule has 16 heavy (non-hydrogen) atoms. The molecule has 0 unspecified atom stereocenters. The van der Waals surface area contributed by atoms with Crippen LogP contribution < -0.4 is 0 Å². The molecular weight excluding hydrogens is 220 g/mol. The topological polar surface area (TPSA) is 34.1 Å². The summed E-state index contributed by atoms with van der Waals surface area (Å²) in [5, 5.41) is 0.149. The fourth-order valence-corrected chi connectivity index (χ4v) is 1.77. The second-order valence-electron chi connectivity index (χ2n) is 3.32. The van der Waals surface area contributed by atoms with E-state index in [0.717, 1.165) is 24.0 Å². The lowest BCUT2D eigenvalue weighted by Gasteiger charge is -1.95. The van der Waals surface area contributed by atoms with Gasteiger partial charge in [0.25, 0.3) is 0 Å². The van der Waals surface area contributed by atoms with Crippen LogP contribution in [0.25, 0.3) is 6.08 Å². The molecule has 0 N–H and O–H groups in total. The standard InChI is InChI=1S/C13H14O2S/c1-11(15)16-8-3-2-5-12-6-4-7-13(9-12)10-14/h2,4-7,9-10H,3,8H2,1H3. The van der Waals surface area contributed by atoms with E-state index in [-0.39, 0.29) is 5.12 Å². The highest BCUT2D eigenvalue weighted by molar-refractivity contribution is 8.13. The number of allylic oxidation sites excluding steroid dienone is 1. The monoisotopic (exact) mass is 234 g/mol. The summed E-state index contributed by atoms with van der Waals surface area (Å²) in [4.78, 5) is 21.2. The number of benzene rings is 1. The first-order valence-electron chi connectivity index (χ1n) is 5.07. The van der Waals surface area contributed by atoms with Gasteiger partial charge >= 0.3 is 0 Å². The number of hydrogen-bond acceptors (Lipinski definition) is 3. The maximum absolute atomic E-state index is 10.7. The van der Waals surface area contributed by atoms with Crippen molar-refractivity contribution >= 4 is 29.2 Å². The van der Waals surface area contributed by atoms with Gasteiger partial charge in [0.1, 0.15) is 6.29 Å². The highest BCUT2D eigenvalue weighted by atomic mass is 32.2. The van der Waals surface area contributed by atoms with Crippen LogP contribution >= 0.6 is 11.8 Å². The Kier molecular flexibility index (Phi) is 5.57. The molecule has 0 atom stereocenters. The van der Waals surface area contributed by atoms with Crippen molar-refractivity contribution in [1.29, 1.82) is 0 Å². The molecule has 0 saturated heterocycles. The Hall–Kier alpha value is -1.35. The molecule has 2 nitrogen and oxygen atoms in total. The lowest BCUT2D eigenvalue weighted by Crippen LogP contribution is -1.84. The van der Waals surface area contributed by atoms with Crippen LogP contribution in [0, 0.1) is 0 Å². The van der Waals surface area contributed by atoms with Gasteiger partial charge in [-0.15, -0.1) is 0 Å². The van der Waals surface area contributed by atoms with Crippen molar-refractivity contribution in [3.63, 3.8) is 0 Å². The van der Waals surface area contributed by atoms with E-state index < -0.39 is 0 Å². The molecule has 1 aromatic rings. The molecule has 0 bridgehead atoms. The van der Waals surface area contributed by atoms with Crippen LogP contribution in [-0.4, -0.2) is 17.2 Å². The van der Waals surface area contributed by atoms with Crippen LogP contribution in [0.15, 0.2) is 30.3 Å². The van der Waals surface area contributed by atoms with Gasteiger partial charge in [-0.1, -0.05) is 42.1 Å².